The highest BCUT2D eigenvalue weighted by atomic mass is 32.2. The molecule has 0 aromatic heterocycles. The summed E-state index contributed by atoms with van der Waals surface area (Å²) in [6.45, 7) is 7.38. The van der Waals surface area contributed by atoms with Crippen LogP contribution in [-0.4, -0.2) is 37.9 Å². The van der Waals surface area contributed by atoms with Gasteiger partial charge in [0, 0.05) is 25.2 Å². The molecular weight excluding hydrogens is 272 g/mol. The van der Waals surface area contributed by atoms with Crippen LogP contribution in [0.2, 0.25) is 0 Å². The Morgan fingerprint density at radius 3 is 2.40 bits per heavy atom. The normalized spacial score (nSPS) is 24.8. The maximum atomic E-state index is 12.8. The molecule has 2 rings (SSSR count). The highest BCUT2D eigenvalue weighted by Gasteiger charge is 2.35. The van der Waals surface area contributed by atoms with E-state index in [9.17, 15) is 8.42 Å². The first kappa shape index (κ1) is 15.5. The Labute approximate surface area is 122 Å². The van der Waals surface area contributed by atoms with Gasteiger partial charge < -0.3 is 5.32 Å². The van der Waals surface area contributed by atoms with Crippen molar-refractivity contribution in [3.63, 3.8) is 0 Å². The number of aryl methyl sites for hydroxylation is 1. The van der Waals surface area contributed by atoms with E-state index in [1.807, 2.05) is 26.0 Å². The van der Waals surface area contributed by atoms with Crippen LogP contribution in [-0.2, 0) is 10.0 Å². The fourth-order valence-electron chi connectivity index (χ4n) is 2.60. The minimum atomic E-state index is -3.39. The van der Waals surface area contributed by atoms with Crippen LogP contribution in [0.3, 0.4) is 0 Å². The minimum Gasteiger partial charge on any atom is -0.311 e. The number of nitrogens with zero attached hydrogens (tertiary/aromatic N) is 1. The Morgan fingerprint density at radius 2 is 1.85 bits per heavy atom. The van der Waals surface area contributed by atoms with Crippen molar-refractivity contribution >= 4 is 10.0 Å². The average Bonchev–Trinajstić information content (AvgIpc) is 2.47. The zero-order valence-corrected chi connectivity index (χ0v) is 13.3. The minimum absolute atomic E-state index is 0.0455. The molecule has 1 aromatic rings. The molecule has 20 heavy (non-hydrogen) atoms. The zero-order chi connectivity index (χ0) is 14.8. The van der Waals surface area contributed by atoms with E-state index in [-0.39, 0.29) is 12.1 Å². The van der Waals surface area contributed by atoms with Crippen LogP contribution in [0.5, 0.6) is 0 Å². The van der Waals surface area contributed by atoms with E-state index in [2.05, 4.69) is 12.2 Å². The van der Waals surface area contributed by atoms with Gasteiger partial charge in [0.2, 0.25) is 10.0 Å². The van der Waals surface area contributed by atoms with Gasteiger partial charge >= 0.3 is 0 Å². The van der Waals surface area contributed by atoms with Crippen LogP contribution in [0.25, 0.3) is 0 Å². The zero-order valence-electron chi connectivity index (χ0n) is 12.5. The molecule has 1 aliphatic heterocycles. The highest BCUT2D eigenvalue weighted by molar-refractivity contribution is 7.89. The molecule has 4 nitrogen and oxygen atoms in total. The first-order chi connectivity index (χ1) is 9.48. The quantitative estimate of drug-likeness (QED) is 0.926. The standard InChI is InChI=1S/C15H24N2O2S/c1-4-13-11-17(14(5-2)10-16-13)20(18,19)15-8-6-12(3)7-9-15/h6-9,13-14,16H,4-5,10-11H2,1-3H3. The van der Waals surface area contributed by atoms with Crippen LogP contribution in [0.15, 0.2) is 29.2 Å². The van der Waals surface area contributed by atoms with Crippen LogP contribution < -0.4 is 5.32 Å². The third kappa shape index (κ3) is 3.05. The molecule has 1 fully saturated rings. The van der Waals surface area contributed by atoms with Crippen LogP contribution in [0.4, 0.5) is 0 Å². The Hall–Kier alpha value is -0.910. The Morgan fingerprint density at radius 1 is 1.20 bits per heavy atom. The molecule has 1 aromatic carbocycles. The van der Waals surface area contributed by atoms with Gasteiger partial charge in [0.15, 0.2) is 0 Å². The molecule has 0 bridgehead atoms. The Balaban J connectivity index is 2.32. The maximum absolute atomic E-state index is 12.8. The second-order valence-corrected chi connectivity index (χ2v) is 7.35. The predicted octanol–water partition coefficient (Wildman–Crippen LogP) is 2.15. The molecule has 5 heteroatoms. The van der Waals surface area contributed by atoms with Crippen LogP contribution >= 0.6 is 0 Å². The molecule has 1 aliphatic rings. The number of hydrogen-bond donors (Lipinski definition) is 1. The number of hydrogen-bond acceptors (Lipinski definition) is 3. The summed E-state index contributed by atoms with van der Waals surface area (Å²) in [7, 11) is -3.39. The average molecular weight is 296 g/mol. The van der Waals surface area contributed by atoms with E-state index in [1.54, 1.807) is 16.4 Å². The smallest absolute Gasteiger partial charge is 0.243 e. The summed E-state index contributed by atoms with van der Waals surface area (Å²) < 4.78 is 27.3. The summed E-state index contributed by atoms with van der Waals surface area (Å²) in [5, 5.41) is 3.43. The lowest BCUT2D eigenvalue weighted by Crippen LogP contribution is -2.57. The lowest BCUT2D eigenvalue weighted by atomic mass is 10.1. The van der Waals surface area contributed by atoms with Gasteiger partial charge in [-0.1, -0.05) is 31.5 Å². The number of sulfonamides is 1. The Bertz CT molecular complexity index is 539. The fraction of sp³-hybridized carbons (Fsp3) is 0.600. The summed E-state index contributed by atoms with van der Waals surface area (Å²) >= 11 is 0. The molecule has 0 spiro atoms. The van der Waals surface area contributed by atoms with Gasteiger partial charge in [-0.2, -0.15) is 4.31 Å². The number of piperazine rings is 1. The summed E-state index contributed by atoms with van der Waals surface area (Å²) in [5.74, 6) is 0. The van der Waals surface area contributed by atoms with Crippen molar-refractivity contribution in [1.82, 2.24) is 9.62 Å². The molecule has 112 valence electrons. The lowest BCUT2D eigenvalue weighted by Gasteiger charge is -2.38. The van der Waals surface area contributed by atoms with Gasteiger partial charge in [0.05, 0.1) is 4.90 Å². The molecule has 2 unspecified atom stereocenters. The van der Waals surface area contributed by atoms with Gasteiger partial charge in [-0.25, -0.2) is 8.42 Å². The monoisotopic (exact) mass is 296 g/mol. The summed E-state index contributed by atoms with van der Waals surface area (Å²) in [5.41, 5.74) is 1.07. The Kier molecular flexibility index (Phi) is 4.83. The fourth-order valence-corrected chi connectivity index (χ4v) is 4.34. The van der Waals surface area contributed by atoms with E-state index < -0.39 is 10.0 Å². The number of nitrogens with one attached hydrogen (secondary N) is 1. The van der Waals surface area contributed by atoms with E-state index >= 15 is 0 Å². The molecule has 0 radical (unpaired) electrons. The van der Waals surface area contributed by atoms with E-state index in [0.717, 1.165) is 24.9 Å². The van der Waals surface area contributed by atoms with Gasteiger partial charge in [-0.15, -0.1) is 0 Å². The third-order valence-electron chi connectivity index (χ3n) is 4.04. The van der Waals surface area contributed by atoms with E-state index in [0.29, 0.717) is 11.4 Å². The summed E-state index contributed by atoms with van der Waals surface area (Å²) in [6.07, 6.45) is 1.77. The van der Waals surface area contributed by atoms with Gasteiger partial charge in [0.25, 0.3) is 0 Å². The molecule has 1 N–H and O–H groups in total. The molecule has 1 saturated heterocycles. The van der Waals surface area contributed by atoms with Crippen molar-refractivity contribution in [3.8, 4) is 0 Å². The first-order valence-electron chi connectivity index (χ1n) is 7.31. The molecule has 2 atom stereocenters. The van der Waals surface area contributed by atoms with E-state index in [4.69, 9.17) is 0 Å². The molecule has 0 saturated carbocycles. The van der Waals surface area contributed by atoms with Crippen LogP contribution in [0, 0.1) is 6.92 Å². The van der Waals surface area contributed by atoms with Crippen LogP contribution in [0.1, 0.15) is 32.3 Å². The molecule has 1 heterocycles. The van der Waals surface area contributed by atoms with Gasteiger partial charge in [-0.3, -0.25) is 0 Å². The number of rotatable bonds is 4. The van der Waals surface area contributed by atoms with Crippen molar-refractivity contribution in [2.45, 2.75) is 50.6 Å². The molecule has 0 amide bonds. The third-order valence-corrected chi connectivity index (χ3v) is 5.97. The van der Waals surface area contributed by atoms with Gasteiger partial charge in [-0.05, 0) is 31.9 Å². The predicted molar refractivity (Wildman–Crippen MR) is 81.2 cm³/mol. The summed E-state index contributed by atoms with van der Waals surface area (Å²) in [4.78, 5) is 0.401. The molecule has 0 aliphatic carbocycles. The van der Waals surface area contributed by atoms with Crippen molar-refractivity contribution in [2.24, 2.45) is 0 Å². The second kappa shape index (κ2) is 6.24. The van der Waals surface area contributed by atoms with Gasteiger partial charge in [0.1, 0.15) is 0 Å². The lowest BCUT2D eigenvalue weighted by molar-refractivity contribution is 0.215. The topological polar surface area (TPSA) is 49.4 Å². The summed E-state index contributed by atoms with van der Waals surface area (Å²) in [6, 6.07) is 7.42. The molecular formula is C15H24N2O2S. The van der Waals surface area contributed by atoms with Crippen molar-refractivity contribution in [3.05, 3.63) is 29.8 Å². The van der Waals surface area contributed by atoms with E-state index in [1.165, 1.54) is 0 Å². The van der Waals surface area contributed by atoms with Crippen molar-refractivity contribution in [2.75, 3.05) is 13.1 Å². The van der Waals surface area contributed by atoms with Crippen molar-refractivity contribution in [1.29, 1.82) is 0 Å². The largest absolute Gasteiger partial charge is 0.311 e. The van der Waals surface area contributed by atoms with Crippen molar-refractivity contribution < 1.29 is 8.42 Å². The highest BCUT2D eigenvalue weighted by Crippen LogP contribution is 2.23. The maximum Gasteiger partial charge on any atom is 0.243 e. The second-order valence-electron chi connectivity index (χ2n) is 5.46. The first-order valence-corrected chi connectivity index (χ1v) is 8.75. The SMILES string of the molecule is CCC1CN(S(=O)(=O)c2ccc(C)cc2)C(CC)CN1. The number of benzene rings is 1.